The largest absolute Gasteiger partial charge is 0.336 e. The summed E-state index contributed by atoms with van der Waals surface area (Å²) in [5.41, 5.74) is 1.21. The SMILES string of the molecule is Cc1cc2ncc(C(=O)N3CCN([C@@H]4CN5CCC4CC5)CC3)c(=O)n2[nH]1. The Balaban J connectivity index is 1.29. The van der Waals surface area contributed by atoms with Gasteiger partial charge in [-0.2, -0.15) is 0 Å². The van der Waals surface area contributed by atoms with Gasteiger partial charge in [-0.3, -0.25) is 19.6 Å². The fourth-order valence-corrected chi connectivity index (χ4v) is 5.00. The lowest BCUT2D eigenvalue weighted by molar-refractivity contribution is -0.0131. The molecule has 8 nitrogen and oxygen atoms in total. The van der Waals surface area contributed by atoms with Gasteiger partial charge < -0.3 is 9.80 Å². The van der Waals surface area contributed by atoms with Gasteiger partial charge in [-0.1, -0.05) is 0 Å². The van der Waals surface area contributed by atoms with Gasteiger partial charge >= 0.3 is 0 Å². The highest BCUT2D eigenvalue weighted by Gasteiger charge is 2.38. The van der Waals surface area contributed by atoms with E-state index in [4.69, 9.17) is 0 Å². The molecular weight excluding hydrogens is 344 g/mol. The number of aromatic nitrogens is 3. The molecule has 1 N–H and O–H groups in total. The number of fused-ring (bicyclic) bond motifs is 4. The molecule has 0 spiro atoms. The summed E-state index contributed by atoms with van der Waals surface area (Å²) in [4.78, 5) is 36.8. The maximum atomic E-state index is 12.9. The zero-order valence-electron chi connectivity index (χ0n) is 15.7. The predicted octanol–water partition coefficient (Wildman–Crippen LogP) is 0.183. The minimum absolute atomic E-state index is 0.144. The molecule has 4 saturated heterocycles. The Morgan fingerprint density at radius 3 is 2.56 bits per heavy atom. The van der Waals surface area contributed by atoms with E-state index in [1.54, 1.807) is 11.0 Å². The van der Waals surface area contributed by atoms with Crippen molar-refractivity contribution in [2.75, 3.05) is 45.8 Å². The number of nitrogens with zero attached hydrogens (tertiary/aromatic N) is 5. The Kier molecular flexibility index (Phi) is 4.05. The third-order valence-corrected chi connectivity index (χ3v) is 6.54. The van der Waals surface area contributed by atoms with Gasteiger partial charge in [0.25, 0.3) is 11.5 Å². The summed E-state index contributed by atoms with van der Waals surface area (Å²) in [6.45, 7) is 8.66. The van der Waals surface area contributed by atoms with Crippen LogP contribution in [0.1, 0.15) is 28.9 Å². The number of H-pyrrole nitrogens is 1. The second-order valence-corrected chi connectivity index (χ2v) is 8.14. The van der Waals surface area contributed by atoms with Crippen molar-refractivity contribution in [1.29, 1.82) is 0 Å². The number of rotatable bonds is 2. The number of carbonyl (C=O) groups is 1. The van der Waals surface area contributed by atoms with E-state index in [1.165, 1.54) is 43.2 Å². The molecule has 0 aromatic carbocycles. The molecule has 1 atom stereocenters. The van der Waals surface area contributed by atoms with Crippen LogP contribution in [0.4, 0.5) is 0 Å². The van der Waals surface area contributed by atoms with Crippen LogP contribution in [0.5, 0.6) is 0 Å². The number of carbonyl (C=O) groups excluding carboxylic acids is 1. The molecule has 0 radical (unpaired) electrons. The normalized spacial score (nSPS) is 28.8. The van der Waals surface area contributed by atoms with Crippen LogP contribution in [0, 0.1) is 12.8 Å². The van der Waals surface area contributed by atoms with Gasteiger partial charge in [0.05, 0.1) is 0 Å². The molecule has 8 heteroatoms. The quantitative estimate of drug-likeness (QED) is 0.816. The molecule has 2 aromatic heterocycles. The molecule has 0 unspecified atom stereocenters. The van der Waals surface area contributed by atoms with Crippen LogP contribution >= 0.6 is 0 Å². The molecule has 27 heavy (non-hydrogen) atoms. The number of hydrogen-bond acceptors (Lipinski definition) is 5. The van der Waals surface area contributed by atoms with Crippen LogP contribution in [0.3, 0.4) is 0 Å². The first-order chi connectivity index (χ1) is 13.1. The molecule has 4 aliphatic heterocycles. The fraction of sp³-hybridized carbons (Fsp3) is 0.632. The van der Waals surface area contributed by atoms with Crippen LogP contribution in [-0.2, 0) is 0 Å². The first-order valence-corrected chi connectivity index (χ1v) is 9.93. The zero-order chi connectivity index (χ0) is 18.5. The average molecular weight is 370 g/mol. The smallest absolute Gasteiger partial charge is 0.285 e. The lowest BCUT2D eigenvalue weighted by atomic mass is 9.83. The summed E-state index contributed by atoms with van der Waals surface area (Å²) < 4.78 is 1.35. The van der Waals surface area contributed by atoms with Gasteiger partial charge in [-0.25, -0.2) is 9.50 Å². The number of aromatic amines is 1. The van der Waals surface area contributed by atoms with Gasteiger partial charge in [-0.15, -0.1) is 0 Å². The van der Waals surface area contributed by atoms with Crippen LogP contribution in [-0.4, -0.2) is 87.1 Å². The maximum Gasteiger partial charge on any atom is 0.285 e. The van der Waals surface area contributed by atoms with Crippen molar-refractivity contribution in [3.8, 4) is 0 Å². The maximum absolute atomic E-state index is 12.9. The fourth-order valence-electron chi connectivity index (χ4n) is 5.00. The third kappa shape index (κ3) is 2.87. The van der Waals surface area contributed by atoms with E-state index in [1.807, 2.05) is 6.92 Å². The van der Waals surface area contributed by atoms with E-state index in [2.05, 4.69) is 19.9 Å². The van der Waals surface area contributed by atoms with E-state index < -0.39 is 0 Å². The van der Waals surface area contributed by atoms with Crippen LogP contribution in [0.15, 0.2) is 17.1 Å². The molecule has 6 rings (SSSR count). The van der Waals surface area contributed by atoms with Gasteiger partial charge in [0.15, 0.2) is 5.65 Å². The minimum atomic E-state index is -0.321. The first-order valence-electron chi connectivity index (χ1n) is 9.93. The van der Waals surface area contributed by atoms with E-state index >= 15 is 0 Å². The van der Waals surface area contributed by atoms with Crippen LogP contribution < -0.4 is 5.56 Å². The van der Waals surface area contributed by atoms with Crippen LogP contribution in [0.25, 0.3) is 5.65 Å². The molecule has 4 aliphatic rings. The highest BCUT2D eigenvalue weighted by molar-refractivity contribution is 5.93. The second-order valence-electron chi connectivity index (χ2n) is 8.14. The van der Waals surface area contributed by atoms with Gasteiger partial charge in [0, 0.05) is 56.7 Å². The summed E-state index contributed by atoms with van der Waals surface area (Å²) in [6.07, 6.45) is 4.04. The lowest BCUT2D eigenvalue weighted by Gasteiger charge is -2.51. The summed E-state index contributed by atoms with van der Waals surface area (Å²) in [6, 6.07) is 2.43. The Labute approximate surface area is 157 Å². The minimum Gasteiger partial charge on any atom is -0.336 e. The molecule has 0 saturated carbocycles. The van der Waals surface area contributed by atoms with Crippen molar-refractivity contribution in [3.05, 3.63) is 33.9 Å². The number of nitrogens with one attached hydrogen (secondary N) is 1. The first kappa shape index (κ1) is 16.9. The standard InChI is InChI=1S/C19H26N6O2/c1-13-10-17-20-11-15(19(27)25(17)21-13)18(26)24-8-6-23(7-9-24)16-12-22-4-2-14(16)3-5-22/h10-11,14,16,21H,2-9,12H2,1H3/t16-/m1/s1. The van der Waals surface area contributed by atoms with E-state index in [0.717, 1.165) is 24.7 Å². The van der Waals surface area contributed by atoms with Crippen molar-refractivity contribution in [2.24, 2.45) is 5.92 Å². The van der Waals surface area contributed by atoms with E-state index in [9.17, 15) is 9.59 Å². The molecule has 4 fully saturated rings. The highest BCUT2D eigenvalue weighted by Crippen LogP contribution is 2.31. The monoisotopic (exact) mass is 370 g/mol. The number of piperazine rings is 1. The summed E-state index contributed by atoms with van der Waals surface area (Å²) in [5, 5.41) is 2.95. The molecule has 2 bridgehead atoms. The van der Waals surface area contributed by atoms with Crippen molar-refractivity contribution in [2.45, 2.75) is 25.8 Å². The number of amides is 1. The van der Waals surface area contributed by atoms with Crippen molar-refractivity contribution < 1.29 is 4.79 Å². The van der Waals surface area contributed by atoms with Gasteiger partial charge in [-0.05, 0) is 38.8 Å². The lowest BCUT2D eigenvalue weighted by Crippen LogP contribution is -2.61. The number of piperidine rings is 3. The Morgan fingerprint density at radius 2 is 1.89 bits per heavy atom. The molecule has 2 aromatic rings. The van der Waals surface area contributed by atoms with E-state index in [-0.39, 0.29) is 17.0 Å². The van der Waals surface area contributed by atoms with Gasteiger partial charge in [0.1, 0.15) is 5.56 Å². The molecule has 1 amide bonds. The molecular formula is C19H26N6O2. The highest BCUT2D eigenvalue weighted by atomic mass is 16.2. The van der Waals surface area contributed by atoms with Crippen LogP contribution in [0.2, 0.25) is 0 Å². The Hall–Kier alpha value is -2.19. The third-order valence-electron chi connectivity index (χ3n) is 6.54. The molecule has 144 valence electrons. The van der Waals surface area contributed by atoms with Crippen molar-refractivity contribution >= 4 is 11.6 Å². The molecule has 0 aliphatic carbocycles. The predicted molar refractivity (Wildman–Crippen MR) is 101 cm³/mol. The number of hydrogen-bond donors (Lipinski definition) is 1. The molecule has 6 heterocycles. The Morgan fingerprint density at radius 1 is 1.15 bits per heavy atom. The topological polar surface area (TPSA) is 77.0 Å². The summed E-state index contributed by atoms with van der Waals surface area (Å²) >= 11 is 0. The second kappa shape index (κ2) is 6.45. The van der Waals surface area contributed by atoms with Gasteiger partial charge in [0.2, 0.25) is 0 Å². The zero-order valence-corrected chi connectivity index (χ0v) is 15.7. The van der Waals surface area contributed by atoms with Crippen molar-refractivity contribution in [1.82, 2.24) is 29.3 Å². The van der Waals surface area contributed by atoms with E-state index in [0.29, 0.717) is 24.8 Å². The van der Waals surface area contributed by atoms with Crippen molar-refractivity contribution in [3.63, 3.8) is 0 Å². The number of aryl methyl sites for hydroxylation is 1. The Bertz CT molecular complexity index is 918. The average Bonchev–Trinajstić information content (AvgIpc) is 3.10. The summed E-state index contributed by atoms with van der Waals surface area (Å²) in [7, 11) is 0. The summed E-state index contributed by atoms with van der Waals surface area (Å²) in [5.74, 6) is 0.604.